The van der Waals surface area contributed by atoms with Crippen LogP contribution in [0.25, 0.3) is 0 Å². The fourth-order valence-electron chi connectivity index (χ4n) is 3.24. The molecule has 21 heavy (non-hydrogen) atoms. The molecule has 1 saturated carbocycles. The Balaban J connectivity index is 2.05. The SMILES string of the molecule is CC(NC1CCCC(C)C1C)c1ccc(S(C)(=O)=O)cc1. The molecule has 2 rings (SSSR count). The van der Waals surface area contributed by atoms with E-state index in [2.05, 4.69) is 26.1 Å². The smallest absolute Gasteiger partial charge is 0.175 e. The average Bonchev–Trinajstić information content (AvgIpc) is 2.43. The quantitative estimate of drug-likeness (QED) is 0.925. The molecule has 118 valence electrons. The number of rotatable bonds is 4. The Hall–Kier alpha value is -0.870. The van der Waals surface area contributed by atoms with Crippen LogP contribution < -0.4 is 5.32 Å². The number of sulfone groups is 1. The van der Waals surface area contributed by atoms with Gasteiger partial charge in [0.05, 0.1) is 4.90 Å². The van der Waals surface area contributed by atoms with Crippen LogP contribution in [0, 0.1) is 11.8 Å². The number of hydrogen-bond donors (Lipinski definition) is 1. The predicted molar refractivity (Wildman–Crippen MR) is 87.1 cm³/mol. The molecule has 3 nitrogen and oxygen atoms in total. The van der Waals surface area contributed by atoms with Crippen LogP contribution in [0.2, 0.25) is 0 Å². The highest BCUT2D eigenvalue weighted by Gasteiger charge is 2.27. The molecule has 1 N–H and O–H groups in total. The first kappa shape index (κ1) is 16.5. The molecular weight excluding hydrogens is 282 g/mol. The van der Waals surface area contributed by atoms with E-state index in [-0.39, 0.29) is 6.04 Å². The zero-order valence-corrected chi connectivity index (χ0v) is 14.3. The third-order valence-electron chi connectivity index (χ3n) is 4.98. The zero-order chi connectivity index (χ0) is 15.6. The van der Waals surface area contributed by atoms with Crippen LogP contribution in [0.3, 0.4) is 0 Å². The van der Waals surface area contributed by atoms with Gasteiger partial charge in [-0.1, -0.05) is 38.8 Å². The molecule has 4 atom stereocenters. The Morgan fingerprint density at radius 3 is 2.33 bits per heavy atom. The maximum Gasteiger partial charge on any atom is 0.175 e. The van der Waals surface area contributed by atoms with Crippen LogP contribution in [-0.4, -0.2) is 20.7 Å². The molecule has 0 aliphatic heterocycles. The van der Waals surface area contributed by atoms with E-state index < -0.39 is 9.84 Å². The molecule has 0 heterocycles. The van der Waals surface area contributed by atoms with Gasteiger partial charge in [-0.15, -0.1) is 0 Å². The minimum Gasteiger partial charge on any atom is -0.307 e. The van der Waals surface area contributed by atoms with Gasteiger partial charge in [0.25, 0.3) is 0 Å². The van der Waals surface area contributed by atoms with Gasteiger partial charge < -0.3 is 5.32 Å². The maximum atomic E-state index is 11.5. The second kappa shape index (κ2) is 6.49. The van der Waals surface area contributed by atoms with Gasteiger partial charge in [-0.05, 0) is 42.9 Å². The van der Waals surface area contributed by atoms with Gasteiger partial charge in [-0.3, -0.25) is 0 Å². The van der Waals surface area contributed by atoms with E-state index in [1.165, 1.54) is 25.5 Å². The molecule has 1 aliphatic carbocycles. The standard InChI is InChI=1S/C17H27NO2S/c1-12-6-5-7-17(13(12)2)18-14(3)15-8-10-16(11-9-15)21(4,19)20/h8-14,17-18H,5-7H2,1-4H3. The molecule has 1 aromatic carbocycles. The molecular formula is C17H27NO2S. The summed E-state index contributed by atoms with van der Waals surface area (Å²) < 4.78 is 23.0. The van der Waals surface area contributed by atoms with Crippen LogP contribution in [0.5, 0.6) is 0 Å². The first-order valence-corrected chi connectivity index (χ1v) is 9.74. The van der Waals surface area contributed by atoms with Crippen molar-refractivity contribution < 1.29 is 8.42 Å². The summed E-state index contributed by atoms with van der Waals surface area (Å²) in [5, 5.41) is 3.72. The third-order valence-corrected chi connectivity index (χ3v) is 6.11. The zero-order valence-electron chi connectivity index (χ0n) is 13.5. The molecule has 1 aromatic rings. The van der Waals surface area contributed by atoms with Crippen molar-refractivity contribution >= 4 is 9.84 Å². The highest BCUT2D eigenvalue weighted by atomic mass is 32.2. The number of nitrogens with one attached hydrogen (secondary N) is 1. The molecule has 1 aliphatic rings. The van der Waals surface area contributed by atoms with E-state index in [9.17, 15) is 8.42 Å². The Labute approximate surface area is 129 Å². The van der Waals surface area contributed by atoms with Gasteiger partial charge in [0, 0.05) is 18.3 Å². The molecule has 0 spiro atoms. The molecule has 0 aromatic heterocycles. The van der Waals surface area contributed by atoms with Crippen molar-refractivity contribution in [2.45, 2.75) is 57.0 Å². The fourth-order valence-corrected chi connectivity index (χ4v) is 3.87. The Bertz CT molecular complexity index is 565. The predicted octanol–water partition coefficient (Wildman–Crippen LogP) is 3.57. The Morgan fingerprint density at radius 1 is 1.14 bits per heavy atom. The Morgan fingerprint density at radius 2 is 1.76 bits per heavy atom. The van der Waals surface area contributed by atoms with Gasteiger partial charge in [0.15, 0.2) is 9.84 Å². The maximum absolute atomic E-state index is 11.5. The summed E-state index contributed by atoms with van der Waals surface area (Å²) in [6.45, 7) is 6.83. The fraction of sp³-hybridized carbons (Fsp3) is 0.647. The lowest BCUT2D eigenvalue weighted by Crippen LogP contribution is -2.41. The Kier molecular flexibility index (Phi) is 5.10. The van der Waals surface area contributed by atoms with E-state index >= 15 is 0 Å². The van der Waals surface area contributed by atoms with E-state index in [1.807, 2.05) is 12.1 Å². The molecule has 1 fully saturated rings. The topological polar surface area (TPSA) is 46.2 Å². The van der Waals surface area contributed by atoms with E-state index in [0.29, 0.717) is 16.9 Å². The lowest BCUT2D eigenvalue weighted by Gasteiger charge is -2.36. The summed E-state index contributed by atoms with van der Waals surface area (Å²) in [5.41, 5.74) is 1.15. The summed E-state index contributed by atoms with van der Waals surface area (Å²) in [6.07, 6.45) is 5.10. The summed E-state index contributed by atoms with van der Waals surface area (Å²) in [4.78, 5) is 0.387. The number of benzene rings is 1. The van der Waals surface area contributed by atoms with E-state index in [1.54, 1.807) is 12.1 Å². The molecule has 0 saturated heterocycles. The summed E-state index contributed by atoms with van der Waals surface area (Å²) >= 11 is 0. The van der Waals surface area contributed by atoms with E-state index in [0.717, 1.165) is 11.5 Å². The average molecular weight is 309 g/mol. The van der Waals surface area contributed by atoms with Crippen LogP contribution in [0.4, 0.5) is 0 Å². The molecule has 4 unspecified atom stereocenters. The first-order chi connectivity index (χ1) is 9.79. The third kappa shape index (κ3) is 4.07. The molecule has 0 bridgehead atoms. The van der Waals surface area contributed by atoms with Crippen molar-refractivity contribution in [2.75, 3.05) is 6.26 Å². The minimum atomic E-state index is -3.11. The highest BCUT2D eigenvalue weighted by Crippen LogP contribution is 2.31. The van der Waals surface area contributed by atoms with Crippen molar-refractivity contribution in [3.8, 4) is 0 Å². The second-order valence-corrected chi connectivity index (χ2v) is 8.62. The van der Waals surface area contributed by atoms with Gasteiger partial charge in [-0.25, -0.2) is 8.42 Å². The van der Waals surface area contributed by atoms with Crippen LogP contribution in [-0.2, 0) is 9.84 Å². The van der Waals surface area contributed by atoms with Crippen molar-refractivity contribution in [1.29, 1.82) is 0 Å². The monoisotopic (exact) mass is 309 g/mol. The summed E-state index contributed by atoms with van der Waals surface area (Å²) in [5.74, 6) is 1.47. The first-order valence-electron chi connectivity index (χ1n) is 7.85. The summed E-state index contributed by atoms with van der Waals surface area (Å²) in [7, 11) is -3.11. The van der Waals surface area contributed by atoms with Crippen molar-refractivity contribution in [3.63, 3.8) is 0 Å². The lowest BCUT2D eigenvalue weighted by atomic mass is 9.77. The normalized spacial score (nSPS) is 28.3. The van der Waals surface area contributed by atoms with Crippen LogP contribution in [0.1, 0.15) is 51.6 Å². The molecule has 0 amide bonds. The highest BCUT2D eigenvalue weighted by molar-refractivity contribution is 7.90. The van der Waals surface area contributed by atoms with Gasteiger partial charge >= 0.3 is 0 Å². The molecule has 0 radical (unpaired) electrons. The van der Waals surface area contributed by atoms with Gasteiger partial charge in [0.2, 0.25) is 0 Å². The number of hydrogen-bond acceptors (Lipinski definition) is 3. The van der Waals surface area contributed by atoms with Crippen molar-refractivity contribution in [3.05, 3.63) is 29.8 Å². The minimum absolute atomic E-state index is 0.247. The van der Waals surface area contributed by atoms with Crippen molar-refractivity contribution in [1.82, 2.24) is 5.32 Å². The molecule has 4 heteroatoms. The van der Waals surface area contributed by atoms with E-state index in [4.69, 9.17) is 0 Å². The summed E-state index contributed by atoms with van der Waals surface area (Å²) in [6, 6.07) is 8.05. The van der Waals surface area contributed by atoms with Crippen LogP contribution >= 0.6 is 0 Å². The largest absolute Gasteiger partial charge is 0.307 e. The van der Waals surface area contributed by atoms with Gasteiger partial charge in [-0.2, -0.15) is 0 Å². The van der Waals surface area contributed by atoms with Crippen LogP contribution in [0.15, 0.2) is 29.2 Å². The van der Waals surface area contributed by atoms with Gasteiger partial charge in [0.1, 0.15) is 0 Å². The van der Waals surface area contributed by atoms with Crippen molar-refractivity contribution in [2.24, 2.45) is 11.8 Å². The second-order valence-electron chi connectivity index (χ2n) is 6.60. The lowest BCUT2D eigenvalue weighted by molar-refractivity contribution is 0.196.